The molecule has 2 heterocycles. The summed E-state index contributed by atoms with van der Waals surface area (Å²) in [5, 5.41) is 2.96. The van der Waals surface area contributed by atoms with E-state index in [1.165, 1.54) is 0 Å². The van der Waals surface area contributed by atoms with Crippen molar-refractivity contribution in [2.75, 3.05) is 19.0 Å². The van der Waals surface area contributed by atoms with Crippen LogP contribution in [0.25, 0.3) is 5.69 Å². The Kier molecular flexibility index (Phi) is 4.73. The van der Waals surface area contributed by atoms with Crippen molar-refractivity contribution >= 4 is 11.7 Å². The molecule has 0 radical (unpaired) electrons. The van der Waals surface area contributed by atoms with Crippen molar-refractivity contribution in [1.82, 2.24) is 9.55 Å². The van der Waals surface area contributed by atoms with E-state index in [1.807, 2.05) is 53.1 Å². The number of nitrogens with zero attached hydrogens (tertiary/aromatic N) is 2. The number of ether oxygens (including phenoxy) is 2. The monoisotopic (exact) mass is 373 g/mol. The lowest BCUT2D eigenvalue weighted by Crippen LogP contribution is -2.25. The molecular formula is C22H19N3O3. The molecule has 2 aromatic carbocycles. The molecule has 6 nitrogen and oxygen atoms in total. The van der Waals surface area contributed by atoms with Crippen molar-refractivity contribution in [3.8, 4) is 29.5 Å². The van der Waals surface area contributed by atoms with Gasteiger partial charge in [-0.25, -0.2) is 4.98 Å². The smallest absolute Gasteiger partial charge is 0.226 e. The van der Waals surface area contributed by atoms with Gasteiger partial charge < -0.3 is 14.8 Å². The summed E-state index contributed by atoms with van der Waals surface area (Å²) in [5.41, 5.74) is 2.67. The molecule has 0 saturated heterocycles. The number of methoxy groups -OCH3 is 1. The van der Waals surface area contributed by atoms with E-state index in [2.05, 4.69) is 16.2 Å². The van der Waals surface area contributed by atoms with Gasteiger partial charge in [0.25, 0.3) is 0 Å². The van der Waals surface area contributed by atoms with Gasteiger partial charge in [0.1, 0.15) is 18.8 Å². The van der Waals surface area contributed by atoms with E-state index in [0.717, 1.165) is 16.9 Å². The zero-order valence-corrected chi connectivity index (χ0v) is 15.4. The van der Waals surface area contributed by atoms with Crippen molar-refractivity contribution in [1.29, 1.82) is 0 Å². The number of fused-ring (bicyclic) bond motifs is 1. The summed E-state index contributed by atoms with van der Waals surface area (Å²) in [6, 6.07) is 15.4. The van der Waals surface area contributed by atoms with Crippen LogP contribution in [-0.4, -0.2) is 29.2 Å². The second kappa shape index (κ2) is 7.49. The summed E-state index contributed by atoms with van der Waals surface area (Å²) >= 11 is 0. The Morgan fingerprint density at radius 3 is 2.82 bits per heavy atom. The summed E-state index contributed by atoms with van der Waals surface area (Å²) in [7, 11) is 1.57. The highest BCUT2D eigenvalue weighted by atomic mass is 16.5. The quantitative estimate of drug-likeness (QED) is 0.697. The van der Waals surface area contributed by atoms with Crippen LogP contribution in [0.5, 0.6) is 11.5 Å². The fraction of sp³-hybridized carbons (Fsp3) is 0.182. The molecule has 1 atom stereocenters. The number of anilines is 1. The molecule has 4 rings (SSSR count). The zero-order chi connectivity index (χ0) is 19.5. The number of rotatable bonds is 5. The summed E-state index contributed by atoms with van der Waals surface area (Å²) in [4.78, 5) is 17.0. The molecule has 0 unspecified atom stereocenters. The molecule has 1 amide bonds. The lowest BCUT2D eigenvalue weighted by Gasteiger charge is -2.24. The first-order valence-corrected chi connectivity index (χ1v) is 8.88. The van der Waals surface area contributed by atoms with Crippen LogP contribution in [0, 0.1) is 12.3 Å². The van der Waals surface area contributed by atoms with Gasteiger partial charge in [-0.1, -0.05) is 30.2 Å². The minimum Gasteiger partial charge on any atom is -0.493 e. The van der Waals surface area contributed by atoms with E-state index < -0.39 is 0 Å². The Morgan fingerprint density at radius 2 is 2.07 bits per heavy atom. The average Bonchev–Trinajstić information content (AvgIpc) is 3.15. The van der Waals surface area contributed by atoms with Gasteiger partial charge in [-0.2, -0.15) is 0 Å². The second-order valence-electron chi connectivity index (χ2n) is 6.39. The lowest BCUT2D eigenvalue weighted by atomic mass is 9.89. The van der Waals surface area contributed by atoms with Crippen molar-refractivity contribution in [2.24, 2.45) is 0 Å². The molecule has 28 heavy (non-hydrogen) atoms. The van der Waals surface area contributed by atoms with E-state index in [0.29, 0.717) is 23.7 Å². The highest BCUT2D eigenvalue weighted by Gasteiger charge is 2.31. The van der Waals surface area contributed by atoms with Crippen LogP contribution in [0.2, 0.25) is 0 Å². The number of carbonyl (C=O) groups is 1. The molecule has 1 aliphatic rings. The Labute approximate surface area is 163 Å². The van der Waals surface area contributed by atoms with Crippen molar-refractivity contribution in [2.45, 2.75) is 12.3 Å². The largest absolute Gasteiger partial charge is 0.493 e. The first kappa shape index (κ1) is 17.7. The Balaban J connectivity index is 1.76. The maximum atomic E-state index is 12.4. The molecule has 0 fully saturated rings. The minimum absolute atomic E-state index is 0.0582. The van der Waals surface area contributed by atoms with Crippen LogP contribution in [0.4, 0.5) is 5.82 Å². The van der Waals surface area contributed by atoms with Gasteiger partial charge in [-0.05, 0) is 29.8 Å². The van der Waals surface area contributed by atoms with Crippen molar-refractivity contribution in [3.05, 3.63) is 66.1 Å². The average molecular weight is 373 g/mol. The molecular weight excluding hydrogens is 354 g/mol. The predicted molar refractivity (Wildman–Crippen MR) is 106 cm³/mol. The highest BCUT2D eigenvalue weighted by molar-refractivity contribution is 5.94. The predicted octanol–water partition coefficient (Wildman–Crippen LogP) is 3.37. The number of carbonyl (C=O) groups excluding carboxylic acids is 1. The molecule has 3 aromatic rings. The van der Waals surface area contributed by atoms with E-state index in [-0.39, 0.29) is 18.4 Å². The van der Waals surface area contributed by atoms with E-state index >= 15 is 0 Å². The van der Waals surface area contributed by atoms with Gasteiger partial charge >= 0.3 is 0 Å². The third-order valence-electron chi connectivity index (χ3n) is 4.71. The highest BCUT2D eigenvalue weighted by Crippen LogP contribution is 2.40. The second-order valence-corrected chi connectivity index (χ2v) is 6.39. The number of terminal acetylenes is 1. The number of aromatic nitrogens is 2. The molecule has 1 aliphatic heterocycles. The van der Waals surface area contributed by atoms with Crippen molar-refractivity contribution in [3.63, 3.8) is 0 Å². The normalized spacial score (nSPS) is 15.3. The first-order chi connectivity index (χ1) is 13.7. The van der Waals surface area contributed by atoms with Gasteiger partial charge in [0, 0.05) is 18.0 Å². The van der Waals surface area contributed by atoms with Crippen LogP contribution in [-0.2, 0) is 4.79 Å². The zero-order valence-electron chi connectivity index (χ0n) is 15.4. The number of amides is 1. The number of hydrogen-bond acceptors (Lipinski definition) is 4. The summed E-state index contributed by atoms with van der Waals surface area (Å²) in [6.45, 7) is 0.138. The van der Waals surface area contributed by atoms with E-state index in [4.69, 9.17) is 15.9 Å². The van der Waals surface area contributed by atoms with E-state index in [1.54, 1.807) is 13.4 Å². The van der Waals surface area contributed by atoms with E-state index in [9.17, 15) is 4.79 Å². The Hall–Kier alpha value is -3.72. The summed E-state index contributed by atoms with van der Waals surface area (Å²) in [6.07, 6.45) is 7.35. The van der Waals surface area contributed by atoms with Gasteiger partial charge in [0.05, 0.1) is 12.8 Å². The number of para-hydroxylation sites is 1. The summed E-state index contributed by atoms with van der Waals surface area (Å²) < 4.78 is 12.8. The van der Waals surface area contributed by atoms with Crippen LogP contribution >= 0.6 is 0 Å². The Bertz CT molecular complexity index is 1050. The van der Waals surface area contributed by atoms with Crippen LogP contribution in [0.3, 0.4) is 0 Å². The topological polar surface area (TPSA) is 65.4 Å². The maximum absolute atomic E-state index is 12.4. The summed E-state index contributed by atoms with van der Waals surface area (Å²) in [5.74, 6) is 4.04. The van der Waals surface area contributed by atoms with Crippen LogP contribution < -0.4 is 14.8 Å². The fourth-order valence-electron chi connectivity index (χ4n) is 3.41. The third-order valence-corrected chi connectivity index (χ3v) is 4.71. The van der Waals surface area contributed by atoms with Gasteiger partial charge in [0.15, 0.2) is 11.5 Å². The van der Waals surface area contributed by atoms with Gasteiger partial charge in [-0.3, -0.25) is 9.36 Å². The lowest BCUT2D eigenvalue weighted by molar-refractivity contribution is -0.116. The minimum atomic E-state index is -0.187. The third kappa shape index (κ3) is 3.19. The Morgan fingerprint density at radius 1 is 1.25 bits per heavy atom. The van der Waals surface area contributed by atoms with Gasteiger partial charge in [-0.15, -0.1) is 6.42 Å². The molecule has 0 aliphatic carbocycles. The molecule has 0 saturated carbocycles. The molecule has 0 spiro atoms. The van der Waals surface area contributed by atoms with Crippen molar-refractivity contribution < 1.29 is 14.3 Å². The number of benzene rings is 2. The number of imidazole rings is 1. The molecule has 1 aromatic heterocycles. The number of hydrogen-bond donors (Lipinski definition) is 1. The number of nitrogens with one attached hydrogen (secondary N) is 1. The fourth-order valence-corrected chi connectivity index (χ4v) is 3.41. The molecule has 6 heteroatoms. The van der Waals surface area contributed by atoms with Crippen LogP contribution in [0.15, 0.2) is 54.9 Å². The standard InChI is InChI=1S/C22H19N3O3/c1-3-11-28-19-12-15(9-10-18(19)27-2)17-13-20(26)24-22-21(17)23-14-25(22)16-7-5-4-6-8-16/h1,4-10,12,14,17H,11,13H2,2H3,(H,24,26)/t17-/m1/s1. The van der Waals surface area contributed by atoms with Crippen LogP contribution in [0.1, 0.15) is 23.6 Å². The molecule has 1 N–H and O–H groups in total. The SMILES string of the molecule is C#CCOc1cc([C@H]2CC(=O)Nc3c2ncn3-c2ccccc2)ccc1OC. The molecule has 140 valence electrons. The first-order valence-electron chi connectivity index (χ1n) is 8.88. The van der Waals surface area contributed by atoms with Gasteiger partial charge in [0.2, 0.25) is 5.91 Å². The molecule has 0 bridgehead atoms. The maximum Gasteiger partial charge on any atom is 0.226 e.